The van der Waals surface area contributed by atoms with Crippen LogP contribution >= 0.6 is 0 Å². The number of hydrogen-bond acceptors (Lipinski definition) is 6. The third-order valence-corrected chi connectivity index (χ3v) is 5.73. The number of hydrogen-bond donors (Lipinski definition) is 4. The van der Waals surface area contributed by atoms with E-state index in [1.807, 2.05) is 26.0 Å². The molecule has 0 atom stereocenters. The SMILES string of the molecule is CC(=N)C=[C-]Nc1cc(CC(C)(C)C)cc(C(C)(C)c2cc(CC(C)(C)C)cc(N[C-]=CC(=N)C(F)(F)F)n2)n1.[Pt+2]. The van der Waals surface area contributed by atoms with Crippen LogP contribution < -0.4 is 10.6 Å². The van der Waals surface area contributed by atoms with Crippen LogP contribution in [0.3, 0.4) is 0 Å². The van der Waals surface area contributed by atoms with Crippen molar-refractivity contribution in [3.8, 4) is 0 Å². The molecule has 0 radical (unpaired) electrons. The summed E-state index contributed by atoms with van der Waals surface area (Å²) in [7, 11) is 0. The zero-order chi connectivity index (χ0) is 30.5. The maximum atomic E-state index is 12.7. The van der Waals surface area contributed by atoms with Crippen LogP contribution in [0.25, 0.3) is 0 Å². The molecule has 0 amide bonds. The van der Waals surface area contributed by atoms with Gasteiger partial charge in [0.25, 0.3) is 0 Å². The second-order valence-electron chi connectivity index (χ2n) is 13.0. The fourth-order valence-corrected chi connectivity index (χ4v) is 3.99. The van der Waals surface area contributed by atoms with Gasteiger partial charge in [-0.2, -0.15) is 13.2 Å². The van der Waals surface area contributed by atoms with Crippen molar-refractivity contribution in [1.82, 2.24) is 9.97 Å². The third-order valence-electron chi connectivity index (χ3n) is 5.73. The molecule has 2 aromatic rings. The Morgan fingerprint density at radius 1 is 0.756 bits per heavy atom. The molecule has 0 aliphatic carbocycles. The van der Waals surface area contributed by atoms with Gasteiger partial charge in [0, 0.05) is 34.2 Å². The minimum absolute atomic E-state index is 0. The van der Waals surface area contributed by atoms with E-state index in [1.165, 1.54) is 6.08 Å². The minimum atomic E-state index is -4.75. The molecule has 2 aromatic heterocycles. The van der Waals surface area contributed by atoms with E-state index < -0.39 is 17.3 Å². The summed E-state index contributed by atoms with van der Waals surface area (Å²) in [4.78, 5) is 9.59. The molecular formula is C31H41F3N6Pt. The van der Waals surface area contributed by atoms with Crippen molar-refractivity contribution in [2.24, 2.45) is 10.8 Å². The molecule has 41 heavy (non-hydrogen) atoms. The van der Waals surface area contributed by atoms with Gasteiger partial charge in [-0.15, -0.1) is 24.6 Å². The molecule has 0 spiro atoms. The van der Waals surface area contributed by atoms with Crippen LogP contribution in [0.1, 0.15) is 84.8 Å². The van der Waals surface area contributed by atoms with Crippen LogP contribution in [-0.4, -0.2) is 27.6 Å². The van der Waals surface area contributed by atoms with E-state index in [0.29, 0.717) is 35.5 Å². The summed E-state index contributed by atoms with van der Waals surface area (Å²) in [5, 5.41) is 20.5. The number of rotatable bonds is 10. The fourth-order valence-electron chi connectivity index (χ4n) is 3.99. The first-order valence-electron chi connectivity index (χ1n) is 13.1. The average Bonchev–Trinajstić information content (AvgIpc) is 2.75. The molecule has 0 fully saturated rings. The van der Waals surface area contributed by atoms with Gasteiger partial charge < -0.3 is 21.5 Å². The van der Waals surface area contributed by atoms with Gasteiger partial charge >= 0.3 is 27.2 Å². The normalized spacial score (nSPS) is 12.9. The average molecular weight is 750 g/mol. The Morgan fingerprint density at radius 2 is 1.15 bits per heavy atom. The topological polar surface area (TPSA) is 97.5 Å². The minimum Gasteiger partial charge on any atom is -0.453 e. The van der Waals surface area contributed by atoms with E-state index in [1.54, 1.807) is 13.0 Å². The van der Waals surface area contributed by atoms with Gasteiger partial charge in [-0.3, -0.25) is 9.97 Å². The summed E-state index contributed by atoms with van der Waals surface area (Å²) in [6.07, 6.45) is 4.10. The Bertz CT molecular complexity index is 1280. The van der Waals surface area contributed by atoms with Crippen molar-refractivity contribution in [3.05, 3.63) is 71.3 Å². The smallest absolute Gasteiger partial charge is 0.453 e. The standard InChI is InChI=1S/C31H41F3N6.Pt/c1-20(35)10-12-37-26-16-21(18-28(2,3)4)14-24(39-26)30(8,9)25-15-22(19-29(5,6)7)17-27(40-25)38-13-11-23(36)31(32,33)34;/h10-11,14-17,35-36H,18-19H2,1-9H3,(H,37,39)(H,38,40);/q-2;+2. The number of aromatic nitrogens is 2. The van der Waals surface area contributed by atoms with E-state index in [9.17, 15) is 13.2 Å². The summed E-state index contributed by atoms with van der Waals surface area (Å²) in [6.45, 7) is 18.5. The molecule has 0 aliphatic rings. The largest absolute Gasteiger partial charge is 2.00 e. The molecule has 0 bridgehead atoms. The first-order chi connectivity index (χ1) is 18.2. The Hall–Kier alpha value is -2.80. The third kappa shape index (κ3) is 12.3. The number of pyridine rings is 2. The first kappa shape index (κ1) is 36.2. The maximum Gasteiger partial charge on any atom is 2.00 e. The molecule has 2 heterocycles. The Labute approximate surface area is 257 Å². The Kier molecular flexibility index (Phi) is 12.3. The van der Waals surface area contributed by atoms with Crippen LogP contribution in [0, 0.1) is 34.0 Å². The summed E-state index contributed by atoms with van der Waals surface area (Å²) in [6, 6.07) is 7.83. The molecule has 0 saturated heterocycles. The Balaban J connectivity index is 0.00000840. The molecule has 10 heteroatoms. The molecule has 0 unspecified atom stereocenters. The first-order valence-corrected chi connectivity index (χ1v) is 13.1. The van der Waals surface area contributed by atoms with Crippen molar-refractivity contribution in [2.75, 3.05) is 10.6 Å². The van der Waals surface area contributed by atoms with Gasteiger partial charge in [0.05, 0.1) is 0 Å². The monoisotopic (exact) mass is 749 g/mol. The van der Waals surface area contributed by atoms with Gasteiger partial charge in [-0.1, -0.05) is 77.4 Å². The van der Waals surface area contributed by atoms with Crippen molar-refractivity contribution < 1.29 is 34.2 Å². The second kappa shape index (κ2) is 13.9. The van der Waals surface area contributed by atoms with Gasteiger partial charge in [0.1, 0.15) is 0 Å². The van der Waals surface area contributed by atoms with Crippen molar-refractivity contribution in [2.45, 2.75) is 86.7 Å². The summed E-state index contributed by atoms with van der Waals surface area (Å²) in [5.74, 6) is 0.923. The molecule has 2 rings (SSSR count). The number of halogens is 3. The van der Waals surface area contributed by atoms with Crippen LogP contribution in [0.2, 0.25) is 0 Å². The summed E-state index contributed by atoms with van der Waals surface area (Å²) >= 11 is 0. The van der Waals surface area contributed by atoms with Crippen LogP contribution in [0.5, 0.6) is 0 Å². The van der Waals surface area contributed by atoms with Gasteiger partial charge in [0.2, 0.25) is 0 Å². The predicted molar refractivity (Wildman–Crippen MR) is 157 cm³/mol. The number of allylic oxidation sites excluding steroid dienone is 2. The molecule has 0 saturated carbocycles. The van der Waals surface area contributed by atoms with E-state index in [0.717, 1.165) is 23.2 Å². The zero-order valence-corrected chi connectivity index (χ0v) is 27.5. The summed E-state index contributed by atoms with van der Waals surface area (Å²) < 4.78 is 38.2. The van der Waals surface area contributed by atoms with Crippen LogP contribution in [-0.2, 0) is 39.3 Å². The van der Waals surface area contributed by atoms with E-state index in [4.69, 9.17) is 20.8 Å². The second-order valence-corrected chi connectivity index (χ2v) is 13.0. The van der Waals surface area contributed by atoms with Gasteiger partial charge in [0.15, 0.2) is 0 Å². The van der Waals surface area contributed by atoms with Gasteiger partial charge in [-0.05, 0) is 49.7 Å². The van der Waals surface area contributed by atoms with Crippen LogP contribution in [0.15, 0.2) is 36.4 Å². The zero-order valence-electron chi connectivity index (χ0n) is 25.2. The fraction of sp³-hybridized carbons (Fsp3) is 0.484. The van der Waals surface area contributed by atoms with Crippen molar-refractivity contribution in [1.29, 1.82) is 10.8 Å². The quantitative estimate of drug-likeness (QED) is 0.112. The number of anilines is 2. The van der Waals surface area contributed by atoms with E-state index in [-0.39, 0.29) is 31.9 Å². The molecule has 0 aliphatic heterocycles. The molecule has 6 nitrogen and oxygen atoms in total. The predicted octanol–water partition coefficient (Wildman–Crippen LogP) is 8.06. The number of alkyl halides is 3. The molecule has 4 N–H and O–H groups in total. The van der Waals surface area contributed by atoms with Crippen molar-refractivity contribution in [3.63, 3.8) is 0 Å². The number of nitrogens with zero attached hydrogens (tertiary/aromatic N) is 2. The number of nitrogens with one attached hydrogen (secondary N) is 4. The Morgan fingerprint density at radius 3 is 1.49 bits per heavy atom. The van der Waals surface area contributed by atoms with Crippen molar-refractivity contribution >= 4 is 23.1 Å². The van der Waals surface area contributed by atoms with Gasteiger partial charge in [-0.25, -0.2) is 0 Å². The molecule has 0 aromatic carbocycles. The van der Waals surface area contributed by atoms with E-state index >= 15 is 0 Å². The van der Waals surface area contributed by atoms with E-state index in [2.05, 4.69) is 70.6 Å². The molecular weight excluding hydrogens is 708 g/mol. The van der Waals surface area contributed by atoms with Crippen LogP contribution in [0.4, 0.5) is 24.8 Å². The molecule has 226 valence electrons. The maximum absolute atomic E-state index is 12.7. The summed E-state index contributed by atoms with van der Waals surface area (Å²) in [5.41, 5.74) is 1.63.